The maximum absolute atomic E-state index is 11.7. The zero-order valence-corrected chi connectivity index (χ0v) is 13.4. The van der Waals surface area contributed by atoms with Crippen molar-refractivity contribution >= 4 is 12.4 Å². The standard InChI is InChI=1S/C13H22N4O3.CH2O2/c1-3-5-13(12(19)20)8-17(6-4-10(13)18)7-11-15-14-9-16(11)2;2-1-3/h9-10,18H,3-8H2,1-2H3,(H,19,20);1H,(H,2,3)/t10-,13-;/m1./s1. The summed E-state index contributed by atoms with van der Waals surface area (Å²) in [6.45, 7) is 3.28. The number of aliphatic carboxylic acids is 1. The number of aryl methyl sites for hydroxylation is 1. The quantitative estimate of drug-likeness (QED) is 0.642. The van der Waals surface area contributed by atoms with Gasteiger partial charge in [-0.1, -0.05) is 13.3 Å². The van der Waals surface area contributed by atoms with Crippen LogP contribution in [0.4, 0.5) is 0 Å². The molecule has 0 spiro atoms. The Bertz CT molecular complexity index is 521. The summed E-state index contributed by atoms with van der Waals surface area (Å²) in [6, 6.07) is 0. The minimum absolute atomic E-state index is 0.250. The molecule has 0 aromatic carbocycles. The first-order valence-corrected chi connectivity index (χ1v) is 7.45. The monoisotopic (exact) mass is 328 g/mol. The molecule has 0 saturated carbocycles. The Hall–Kier alpha value is -2.00. The van der Waals surface area contributed by atoms with Crippen LogP contribution in [-0.2, 0) is 23.2 Å². The van der Waals surface area contributed by atoms with Crippen molar-refractivity contribution in [1.82, 2.24) is 19.7 Å². The molecule has 1 aliphatic heterocycles. The molecule has 9 heteroatoms. The van der Waals surface area contributed by atoms with Gasteiger partial charge in [0.05, 0.1) is 12.6 Å². The predicted octanol–water partition coefficient (Wildman–Crippen LogP) is -0.0464. The van der Waals surface area contributed by atoms with E-state index in [9.17, 15) is 15.0 Å². The van der Waals surface area contributed by atoms with Crippen LogP contribution in [0.2, 0.25) is 0 Å². The smallest absolute Gasteiger partial charge is 0.313 e. The third-order valence-corrected chi connectivity index (χ3v) is 4.15. The van der Waals surface area contributed by atoms with Crippen molar-refractivity contribution in [3.8, 4) is 0 Å². The van der Waals surface area contributed by atoms with Crippen molar-refractivity contribution in [3.63, 3.8) is 0 Å². The number of piperidine rings is 1. The molecule has 1 aliphatic rings. The van der Waals surface area contributed by atoms with Gasteiger partial charge < -0.3 is 19.9 Å². The van der Waals surface area contributed by atoms with Gasteiger partial charge in [0.1, 0.15) is 17.6 Å². The van der Waals surface area contributed by atoms with Crippen LogP contribution in [0.1, 0.15) is 32.0 Å². The SMILES string of the molecule is CCC[C@@]1(C(=O)O)CN(Cc2nncn2C)CC[C@H]1O.O=CO. The van der Waals surface area contributed by atoms with Crippen molar-refractivity contribution < 1.29 is 24.9 Å². The molecule has 1 fully saturated rings. The first-order valence-electron chi connectivity index (χ1n) is 7.45. The number of nitrogens with zero attached hydrogens (tertiary/aromatic N) is 4. The van der Waals surface area contributed by atoms with Gasteiger partial charge in [-0.3, -0.25) is 14.5 Å². The van der Waals surface area contributed by atoms with Crippen molar-refractivity contribution in [2.75, 3.05) is 13.1 Å². The van der Waals surface area contributed by atoms with Crippen LogP contribution < -0.4 is 0 Å². The number of carboxylic acids is 1. The third kappa shape index (κ3) is 4.49. The van der Waals surface area contributed by atoms with Gasteiger partial charge in [-0.15, -0.1) is 10.2 Å². The molecule has 0 bridgehead atoms. The molecule has 0 amide bonds. The van der Waals surface area contributed by atoms with Crippen LogP contribution in [0.3, 0.4) is 0 Å². The van der Waals surface area contributed by atoms with Crippen molar-refractivity contribution in [1.29, 1.82) is 0 Å². The second kappa shape index (κ2) is 8.59. The van der Waals surface area contributed by atoms with Crippen LogP contribution in [0.15, 0.2) is 6.33 Å². The van der Waals surface area contributed by atoms with Crippen LogP contribution in [0.25, 0.3) is 0 Å². The highest BCUT2D eigenvalue weighted by molar-refractivity contribution is 5.76. The molecular weight excluding hydrogens is 304 g/mol. The van der Waals surface area contributed by atoms with Crippen molar-refractivity contribution in [2.45, 2.75) is 38.8 Å². The molecule has 1 aromatic rings. The molecule has 3 N–H and O–H groups in total. The van der Waals surface area contributed by atoms with Crippen LogP contribution >= 0.6 is 0 Å². The van der Waals surface area contributed by atoms with E-state index >= 15 is 0 Å². The first-order chi connectivity index (χ1) is 10.9. The van der Waals surface area contributed by atoms with Crippen molar-refractivity contribution in [3.05, 3.63) is 12.2 Å². The predicted molar refractivity (Wildman–Crippen MR) is 80.6 cm³/mol. The molecule has 2 heterocycles. The summed E-state index contributed by atoms with van der Waals surface area (Å²) in [7, 11) is 1.87. The molecule has 0 unspecified atom stereocenters. The maximum atomic E-state index is 11.7. The van der Waals surface area contributed by atoms with E-state index in [1.54, 1.807) is 6.33 Å². The lowest BCUT2D eigenvalue weighted by atomic mass is 9.74. The molecular formula is C14H24N4O5. The maximum Gasteiger partial charge on any atom is 0.313 e. The molecule has 23 heavy (non-hydrogen) atoms. The van der Waals surface area contributed by atoms with Gasteiger partial charge in [-0.2, -0.15) is 0 Å². The van der Waals surface area contributed by atoms with Crippen LogP contribution in [-0.4, -0.2) is 66.6 Å². The molecule has 2 rings (SSSR count). The average molecular weight is 328 g/mol. The van der Waals surface area contributed by atoms with E-state index in [0.717, 1.165) is 12.2 Å². The zero-order chi connectivity index (χ0) is 17.5. The van der Waals surface area contributed by atoms with Gasteiger partial charge in [0.25, 0.3) is 6.47 Å². The van der Waals surface area contributed by atoms with E-state index in [1.165, 1.54) is 0 Å². The topological polar surface area (TPSA) is 129 Å². The summed E-state index contributed by atoms with van der Waals surface area (Å²) in [5.41, 5.74) is -1.06. The summed E-state index contributed by atoms with van der Waals surface area (Å²) >= 11 is 0. The minimum atomic E-state index is -1.06. The lowest BCUT2D eigenvalue weighted by Crippen LogP contribution is -2.55. The summed E-state index contributed by atoms with van der Waals surface area (Å²) < 4.78 is 1.83. The number of carboxylic acid groups (broad SMARTS) is 2. The number of hydrogen-bond donors (Lipinski definition) is 3. The fourth-order valence-corrected chi connectivity index (χ4v) is 2.96. The Balaban J connectivity index is 0.000000816. The Kier molecular flexibility index (Phi) is 7.11. The highest BCUT2D eigenvalue weighted by atomic mass is 16.4. The van der Waals surface area contributed by atoms with Gasteiger partial charge in [0.2, 0.25) is 0 Å². The van der Waals surface area contributed by atoms with E-state index < -0.39 is 17.5 Å². The summed E-state index contributed by atoms with van der Waals surface area (Å²) in [6.07, 6.45) is 2.55. The summed E-state index contributed by atoms with van der Waals surface area (Å²) in [5.74, 6) is -0.105. The minimum Gasteiger partial charge on any atom is -0.483 e. The summed E-state index contributed by atoms with van der Waals surface area (Å²) in [4.78, 5) is 22.1. The van der Waals surface area contributed by atoms with E-state index in [4.69, 9.17) is 9.90 Å². The fraction of sp³-hybridized carbons (Fsp3) is 0.714. The van der Waals surface area contributed by atoms with E-state index in [-0.39, 0.29) is 6.47 Å². The molecule has 0 radical (unpaired) electrons. The Morgan fingerprint density at radius 3 is 2.70 bits per heavy atom. The molecule has 2 atom stereocenters. The highest BCUT2D eigenvalue weighted by Gasteiger charge is 2.48. The number of aromatic nitrogens is 3. The van der Waals surface area contributed by atoms with E-state index in [0.29, 0.717) is 32.5 Å². The van der Waals surface area contributed by atoms with Crippen LogP contribution in [0, 0.1) is 5.41 Å². The van der Waals surface area contributed by atoms with Gasteiger partial charge in [-0.05, 0) is 12.8 Å². The molecule has 1 aromatic heterocycles. The Morgan fingerprint density at radius 2 is 2.22 bits per heavy atom. The normalized spacial score (nSPS) is 24.6. The van der Waals surface area contributed by atoms with Crippen molar-refractivity contribution in [2.24, 2.45) is 12.5 Å². The Morgan fingerprint density at radius 1 is 1.57 bits per heavy atom. The largest absolute Gasteiger partial charge is 0.483 e. The highest BCUT2D eigenvalue weighted by Crippen LogP contribution is 2.35. The second-order valence-electron chi connectivity index (χ2n) is 5.69. The molecule has 1 saturated heterocycles. The fourth-order valence-electron chi connectivity index (χ4n) is 2.96. The van der Waals surface area contributed by atoms with Gasteiger partial charge >= 0.3 is 5.97 Å². The number of likely N-dealkylation sites (tertiary alicyclic amines) is 1. The number of aliphatic hydroxyl groups excluding tert-OH is 1. The van der Waals surface area contributed by atoms with Crippen LogP contribution in [0.5, 0.6) is 0 Å². The number of hydrogen-bond acceptors (Lipinski definition) is 6. The van der Waals surface area contributed by atoms with Gasteiger partial charge in [0, 0.05) is 20.1 Å². The Labute approximate surface area is 134 Å². The number of aliphatic hydroxyl groups is 1. The molecule has 0 aliphatic carbocycles. The number of carbonyl (C=O) groups is 2. The van der Waals surface area contributed by atoms with Gasteiger partial charge in [-0.25, -0.2) is 0 Å². The number of rotatable bonds is 5. The second-order valence-corrected chi connectivity index (χ2v) is 5.69. The molecule has 9 nitrogen and oxygen atoms in total. The third-order valence-electron chi connectivity index (χ3n) is 4.15. The summed E-state index contributed by atoms with van der Waals surface area (Å²) in [5, 5.41) is 34.5. The van der Waals surface area contributed by atoms with E-state index in [2.05, 4.69) is 10.2 Å². The first kappa shape index (κ1) is 19.0. The lowest BCUT2D eigenvalue weighted by molar-refractivity contribution is -0.164. The average Bonchev–Trinajstić information content (AvgIpc) is 2.89. The van der Waals surface area contributed by atoms with E-state index in [1.807, 2.05) is 23.4 Å². The lowest BCUT2D eigenvalue weighted by Gasteiger charge is -2.43. The van der Waals surface area contributed by atoms with Gasteiger partial charge in [0.15, 0.2) is 0 Å². The molecule has 130 valence electrons. The zero-order valence-electron chi connectivity index (χ0n) is 13.4.